The predicted molar refractivity (Wildman–Crippen MR) is 241 cm³/mol. The molecule has 4 aromatic carbocycles. The molecule has 0 saturated carbocycles. The fourth-order valence-electron chi connectivity index (χ4n) is 6.92. The molecule has 0 saturated heterocycles. The topological polar surface area (TPSA) is 147 Å². The van der Waals surface area contributed by atoms with Crippen molar-refractivity contribution >= 4 is 52.6 Å². The second kappa shape index (κ2) is 23.6. The van der Waals surface area contributed by atoms with Crippen LogP contribution in [0.3, 0.4) is 0 Å². The molecule has 324 valence electrons. The van der Waals surface area contributed by atoms with Gasteiger partial charge in [0.15, 0.2) is 5.69 Å². The molecule has 1 aromatic heterocycles. The lowest BCUT2D eigenvalue weighted by atomic mass is 10.0. The first-order valence-electron chi connectivity index (χ1n) is 20.8. The van der Waals surface area contributed by atoms with Gasteiger partial charge in [-0.3, -0.25) is 24.1 Å². The van der Waals surface area contributed by atoms with Crippen LogP contribution in [0.2, 0.25) is 5.15 Å². The molecule has 0 radical (unpaired) electrons. The molecule has 0 spiro atoms. The number of hydrogen-bond acceptors (Lipinski definition) is 9. The van der Waals surface area contributed by atoms with Gasteiger partial charge in [0.1, 0.15) is 11.8 Å². The third-order valence-corrected chi connectivity index (χ3v) is 10.8. The minimum atomic E-state index is -0.540. The maximum atomic E-state index is 13.7. The highest BCUT2D eigenvalue weighted by atomic mass is 35.5. The number of aryl methyl sites for hydroxylation is 2. The lowest BCUT2D eigenvalue weighted by Gasteiger charge is -2.32. The highest BCUT2D eigenvalue weighted by Crippen LogP contribution is 2.22. The van der Waals surface area contributed by atoms with E-state index in [1.54, 1.807) is 48.3 Å². The van der Waals surface area contributed by atoms with E-state index in [9.17, 15) is 24.0 Å². The molecule has 62 heavy (non-hydrogen) atoms. The summed E-state index contributed by atoms with van der Waals surface area (Å²) in [6, 6.07) is 34.8. The van der Waals surface area contributed by atoms with E-state index < -0.39 is 17.8 Å². The number of benzene rings is 4. The van der Waals surface area contributed by atoms with E-state index in [-0.39, 0.29) is 53.9 Å². The number of amides is 3. The Bertz CT molecular complexity index is 2280. The first kappa shape index (κ1) is 46.7. The number of halogens is 1. The predicted octanol–water partition coefficient (Wildman–Crippen LogP) is 8.78. The van der Waals surface area contributed by atoms with Gasteiger partial charge in [0.05, 0.1) is 24.8 Å². The fraction of sp³-hybridized carbons (Fsp3) is 0.306. The van der Waals surface area contributed by atoms with Crippen LogP contribution >= 0.6 is 11.6 Å². The number of rotatable bonds is 21. The molecule has 0 aliphatic rings. The van der Waals surface area contributed by atoms with Crippen molar-refractivity contribution in [2.45, 2.75) is 71.6 Å². The van der Waals surface area contributed by atoms with Crippen molar-refractivity contribution in [3.63, 3.8) is 0 Å². The highest BCUT2D eigenvalue weighted by molar-refractivity contribution is 6.29. The van der Waals surface area contributed by atoms with Crippen molar-refractivity contribution in [3.8, 4) is 0 Å². The Morgan fingerprint density at radius 1 is 0.694 bits per heavy atom. The zero-order valence-corrected chi connectivity index (χ0v) is 36.5. The van der Waals surface area contributed by atoms with Crippen molar-refractivity contribution in [2.75, 3.05) is 37.9 Å². The molecule has 3 amide bonds. The van der Waals surface area contributed by atoms with E-state index in [2.05, 4.69) is 34.4 Å². The number of anilines is 2. The van der Waals surface area contributed by atoms with Crippen molar-refractivity contribution < 1.29 is 33.4 Å². The molecular formula is C49H54ClN5O7. The molecule has 1 heterocycles. The number of nitrogens with one attached hydrogen (secondary N) is 2. The zero-order chi connectivity index (χ0) is 44.4. The Hall–Kier alpha value is -6.37. The Kier molecular flexibility index (Phi) is 17.8. The normalized spacial score (nSPS) is 11.0. The van der Waals surface area contributed by atoms with Crippen LogP contribution in [-0.4, -0.2) is 77.7 Å². The van der Waals surface area contributed by atoms with E-state index in [4.69, 9.17) is 21.1 Å². The number of aromatic nitrogens is 1. The number of methoxy groups -OCH3 is 1. The van der Waals surface area contributed by atoms with Gasteiger partial charge in [0, 0.05) is 50.4 Å². The average molecular weight is 860 g/mol. The number of carbonyl (C=O) groups is 5. The van der Waals surface area contributed by atoms with E-state index in [0.717, 1.165) is 47.9 Å². The molecule has 0 fully saturated rings. The van der Waals surface area contributed by atoms with Gasteiger partial charge < -0.3 is 25.0 Å². The summed E-state index contributed by atoms with van der Waals surface area (Å²) in [5, 5.41) is 5.81. The Balaban J connectivity index is 1.15. The summed E-state index contributed by atoms with van der Waals surface area (Å²) < 4.78 is 10.1. The van der Waals surface area contributed by atoms with Gasteiger partial charge in [0.25, 0.3) is 11.8 Å². The number of nitrogens with zero attached hydrogens (tertiary/aromatic N) is 3. The molecular weight excluding hydrogens is 806 g/mol. The molecule has 0 unspecified atom stereocenters. The van der Waals surface area contributed by atoms with Crippen LogP contribution in [0.25, 0.3) is 0 Å². The van der Waals surface area contributed by atoms with Crippen molar-refractivity contribution in [1.29, 1.82) is 0 Å². The first-order chi connectivity index (χ1) is 30.0. The van der Waals surface area contributed by atoms with Gasteiger partial charge in [-0.15, -0.1) is 0 Å². The number of likely N-dealkylation sites (N-methyl/N-ethyl adjacent to an activating group) is 1. The lowest BCUT2D eigenvalue weighted by Crippen LogP contribution is -2.41. The van der Waals surface area contributed by atoms with Gasteiger partial charge in [0.2, 0.25) is 5.91 Å². The largest absolute Gasteiger partial charge is 0.465 e. The van der Waals surface area contributed by atoms with Gasteiger partial charge >= 0.3 is 11.9 Å². The molecule has 0 atom stereocenters. The molecule has 5 aromatic rings. The van der Waals surface area contributed by atoms with Crippen LogP contribution < -0.4 is 10.6 Å². The monoisotopic (exact) mass is 859 g/mol. The zero-order valence-electron chi connectivity index (χ0n) is 35.7. The van der Waals surface area contributed by atoms with Crippen LogP contribution in [0.5, 0.6) is 0 Å². The standard InChI is InChI=1S/C49H54ClN5O7/c1-5-41(6-2)55(30-29-54(3)44(56)27-28-45(57)62-33-36-11-8-7-9-12-36)32-37-13-10-14-39(31-37)47(58)52-42-25-26-43(50)53-46(42)48(59)51-40-23-19-35(20-24-40)16-15-34-17-21-38(22-18-34)49(60)61-4/h7-14,17-26,31,41H,5-6,15-16,27-30,32-33H2,1-4H3,(H,51,59)(H,52,58). The summed E-state index contributed by atoms with van der Waals surface area (Å²) in [6.07, 6.45) is 3.38. The van der Waals surface area contributed by atoms with Crippen LogP contribution in [0.15, 0.2) is 115 Å². The van der Waals surface area contributed by atoms with Crippen LogP contribution in [0.4, 0.5) is 11.4 Å². The molecule has 13 heteroatoms. The number of hydrogen-bond donors (Lipinski definition) is 2. The minimum absolute atomic E-state index is 0.00771. The molecule has 0 aliphatic heterocycles. The second-order valence-corrected chi connectivity index (χ2v) is 15.3. The maximum absolute atomic E-state index is 13.7. The summed E-state index contributed by atoms with van der Waals surface area (Å²) in [4.78, 5) is 72.4. The summed E-state index contributed by atoms with van der Waals surface area (Å²) in [7, 11) is 3.09. The van der Waals surface area contributed by atoms with Gasteiger partial charge in [-0.1, -0.05) is 92.2 Å². The number of pyridine rings is 1. The fourth-order valence-corrected chi connectivity index (χ4v) is 7.06. The van der Waals surface area contributed by atoms with Crippen LogP contribution in [-0.2, 0) is 45.1 Å². The van der Waals surface area contributed by atoms with Crippen molar-refractivity contribution in [2.24, 2.45) is 0 Å². The van der Waals surface area contributed by atoms with Crippen molar-refractivity contribution in [1.82, 2.24) is 14.8 Å². The number of ether oxygens (including phenoxy) is 2. The lowest BCUT2D eigenvalue weighted by molar-refractivity contribution is -0.147. The van der Waals surface area contributed by atoms with Gasteiger partial charge in [-0.25, -0.2) is 9.78 Å². The number of carbonyl (C=O) groups excluding carboxylic acids is 5. The SMILES string of the molecule is CCC(CC)N(CCN(C)C(=O)CCC(=O)OCc1ccccc1)Cc1cccc(C(=O)Nc2ccc(Cl)nc2C(=O)Nc2ccc(CCc3ccc(C(=O)OC)cc3)cc2)c1. The molecule has 5 rings (SSSR count). The Labute approximate surface area is 368 Å². The Morgan fingerprint density at radius 2 is 1.35 bits per heavy atom. The van der Waals surface area contributed by atoms with Crippen LogP contribution in [0.1, 0.15) is 93.0 Å². The molecule has 0 aliphatic carbocycles. The smallest absolute Gasteiger partial charge is 0.337 e. The minimum Gasteiger partial charge on any atom is -0.465 e. The maximum Gasteiger partial charge on any atom is 0.337 e. The summed E-state index contributed by atoms with van der Waals surface area (Å²) in [5.74, 6) is -1.89. The summed E-state index contributed by atoms with van der Waals surface area (Å²) in [6.45, 7) is 6.02. The van der Waals surface area contributed by atoms with Gasteiger partial charge in [-0.2, -0.15) is 0 Å². The molecule has 2 N–H and O–H groups in total. The second-order valence-electron chi connectivity index (χ2n) is 14.9. The van der Waals surface area contributed by atoms with E-state index in [1.165, 1.54) is 13.2 Å². The quantitative estimate of drug-likeness (QED) is 0.0546. The first-order valence-corrected chi connectivity index (χ1v) is 21.2. The Morgan fingerprint density at radius 3 is 2.02 bits per heavy atom. The van der Waals surface area contributed by atoms with E-state index >= 15 is 0 Å². The molecule has 0 bridgehead atoms. The summed E-state index contributed by atoms with van der Waals surface area (Å²) >= 11 is 6.22. The van der Waals surface area contributed by atoms with Crippen LogP contribution in [0, 0.1) is 0 Å². The third kappa shape index (κ3) is 14.1. The third-order valence-electron chi connectivity index (χ3n) is 10.6. The number of esters is 2. The van der Waals surface area contributed by atoms with E-state index in [1.807, 2.05) is 72.8 Å². The van der Waals surface area contributed by atoms with Crippen molar-refractivity contribution in [3.05, 3.63) is 159 Å². The van der Waals surface area contributed by atoms with E-state index in [0.29, 0.717) is 36.4 Å². The molecule has 12 nitrogen and oxygen atoms in total. The highest BCUT2D eigenvalue weighted by Gasteiger charge is 2.21. The van der Waals surface area contributed by atoms with Gasteiger partial charge in [-0.05, 0) is 96.5 Å². The summed E-state index contributed by atoms with van der Waals surface area (Å²) in [5.41, 5.74) is 5.55. The average Bonchev–Trinajstić information content (AvgIpc) is 3.30.